The monoisotopic (exact) mass is 190 g/mol. The lowest BCUT2D eigenvalue weighted by atomic mass is 10.1. The maximum atomic E-state index is 12.1. The van der Waals surface area contributed by atoms with Gasteiger partial charge >= 0.3 is 6.18 Å². The molecule has 0 bridgehead atoms. The molecule has 1 rings (SSSR count). The van der Waals surface area contributed by atoms with Gasteiger partial charge in [0.05, 0.1) is 0 Å². The summed E-state index contributed by atoms with van der Waals surface area (Å²) in [6, 6.07) is 0.678. The van der Waals surface area contributed by atoms with Gasteiger partial charge in [-0.3, -0.25) is 4.98 Å². The van der Waals surface area contributed by atoms with Gasteiger partial charge in [-0.05, 0) is 24.6 Å². The number of alkyl halides is 3. The van der Waals surface area contributed by atoms with Crippen LogP contribution in [-0.4, -0.2) is 11.2 Å². The molecule has 72 valence electrons. The van der Waals surface area contributed by atoms with Crippen LogP contribution in [-0.2, 0) is 0 Å². The van der Waals surface area contributed by atoms with E-state index < -0.39 is 12.2 Å². The van der Waals surface area contributed by atoms with Gasteiger partial charge in [-0.15, -0.1) is 0 Å². The van der Waals surface area contributed by atoms with E-state index in [-0.39, 0.29) is 5.56 Å². The normalized spacial score (nSPS) is 14.2. The standard InChI is InChI=1S/C8H9F3N2/c1-5-4-6(2-3-13-5)7(12)8(9,10)11/h2-4,7H,12H2,1H3/t7-/m1/s1. The highest BCUT2D eigenvalue weighted by Crippen LogP contribution is 2.30. The minimum absolute atomic E-state index is 0.0417. The summed E-state index contributed by atoms with van der Waals surface area (Å²) in [7, 11) is 0. The highest BCUT2D eigenvalue weighted by atomic mass is 19.4. The van der Waals surface area contributed by atoms with Crippen molar-refractivity contribution in [2.45, 2.75) is 19.1 Å². The van der Waals surface area contributed by atoms with Crippen LogP contribution in [0.5, 0.6) is 0 Å². The number of nitrogens with two attached hydrogens (primary N) is 1. The van der Waals surface area contributed by atoms with Crippen LogP contribution in [0.25, 0.3) is 0 Å². The number of hydrogen-bond donors (Lipinski definition) is 1. The van der Waals surface area contributed by atoms with Crippen molar-refractivity contribution in [3.63, 3.8) is 0 Å². The van der Waals surface area contributed by atoms with Crippen LogP contribution in [0, 0.1) is 6.92 Å². The maximum absolute atomic E-state index is 12.1. The van der Waals surface area contributed by atoms with E-state index in [0.29, 0.717) is 5.69 Å². The fourth-order valence-corrected chi connectivity index (χ4v) is 0.950. The Kier molecular flexibility index (Phi) is 2.56. The number of rotatable bonds is 1. The number of pyridine rings is 1. The van der Waals surface area contributed by atoms with E-state index in [4.69, 9.17) is 5.73 Å². The Morgan fingerprint density at radius 2 is 2.08 bits per heavy atom. The first kappa shape index (κ1) is 9.98. The SMILES string of the molecule is Cc1cc([C@@H](N)C(F)(F)F)ccn1. The Morgan fingerprint density at radius 1 is 1.46 bits per heavy atom. The van der Waals surface area contributed by atoms with Crippen molar-refractivity contribution >= 4 is 0 Å². The zero-order valence-corrected chi connectivity index (χ0v) is 6.97. The lowest BCUT2D eigenvalue weighted by Gasteiger charge is -2.15. The van der Waals surface area contributed by atoms with Crippen LogP contribution in [0.15, 0.2) is 18.3 Å². The molecular weight excluding hydrogens is 181 g/mol. The molecule has 0 radical (unpaired) electrons. The van der Waals surface area contributed by atoms with Gasteiger partial charge in [-0.25, -0.2) is 0 Å². The van der Waals surface area contributed by atoms with Crippen molar-refractivity contribution in [3.8, 4) is 0 Å². The second kappa shape index (κ2) is 3.33. The zero-order chi connectivity index (χ0) is 10.1. The van der Waals surface area contributed by atoms with Crippen LogP contribution in [0.4, 0.5) is 13.2 Å². The van der Waals surface area contributed by atoms with Gasteiger partial charge in [0.1, 0.15) is 6.04 Å². The Morgan fingerprint density at radius 3 is 2.54 bits per heavy atom. The molecule has 1 aromatic heterocycles. The van der Waals surface area contributed by atoms with Gasteiger partial charge in [0.15, 0.2) is 0 Å². The largest absolute Gasteiger partial charge is 0.407 e. The molecule has 5 heteroatoms. The topological polar surface area (TPSA) is 38.9 Å². The van der Waals surface area contributed by atoms with Crippen LogP contribution >= 0.6 is 0 Å². The minimum atomic E-state index is -4.40. The first-order valence-electron chi connectivity index (χ1n) is 3.66. The summed E-state index contributed by atoms with van der Waals surface area (Å²) >= 11 is 0. The molecule has 0 unspecified atom stereocenters. The molecule has 0 saturated heterocycles. The molecule has 1 aromatic rings. The van der Waals surface area contributed by atoms with Crippen LogP contribution in [0.2, 0.25) is 0 Å². The number of hydrogen-bond acceptors (Lipinski definition) is 2. The third kappa shape index (κ3) is 2.42. The number of halogens is 3. The molecule has 0 fully saturated rings. The van der Waals surface area contributed by atoms with Gasteiger partial charge < -0.3 is 5.73 Å². The highest BCUT2D eigenvalue weighted by molar-refractivity contribution is 5.20. The summed E-state index contributed by atoms with van der Waals surface area (Å²) in [5, 5.41) is 0. The van der Waals surface area contributed by atoms with Crippen LogP contribution in [0.3, 0.4) is 0 Å². The molecule has 0 spiro atoms. The summed E-state index contributed by atoms with van der Waals surface area (Å²) in [6.07, 6.45) is -3.08. The third-order valence-electron chi connectivity index (χ3n) is 1.63. The first-order chi connectivity index (χ1) is 5.91. The summed E-state index contributed by atoms with van der Waals surface area (Å²) < 4.78 is 36.4. The smallest absolute Gasteiger partial charge is 0.316 e. The highest BCUT2D eigenvalue weighted by Gasteiger charge is 2.37. The minimum Gasteiger partial charge on any atom is -0.316 e. The molecule has 0 aliphatic heterocycles. The van der Waals surface area contributed by atoms with Gasteiger partial charge in [0, 0.05) is 11.9 Å². The molecule has 0 amide bonds. The van der Waals surface area contributed by atoms with E-state index in [1.165, 1.54) is 18.3 Å². The van der Waals surface area contributed by atoms with Crippen LogP contribution < -0.4 is 5.73 Å². The molecule has 0 aliphatic carbocycles. The van der Waals surface area contributed by atoms with Crippen molar-refractivity contribution in [2.24, 2.45) is 5.73 Å². The van der Waals surface area contributed by atoms with Crippen molar-refractivity contribution in [3.05, 3.63) is 29.6 Å². The second-order valence-electron chi connectivity index (χ2n) is 2.75. The van der Waals surface area contributed by atoms with Gasteiger partial charge in [0.2, 0.25) is 0 Å². The third-order valence-corrected chi connectivity index (χ3v) is 1.63. The number of aryl methyl sites for hydroxylation is 1. The lowest BCUT2D eigenvalue weighted by Crippen LogP contribution is -2.28. The predicted octanol–water partition coefficient (Wildman–Crippen LogP) is 1.95. The summed E-state index contributed by atoms with van der Waals surface area (Å²) in [5.74, 6) is 0. The molecule has 0 aromatic carbocycles. The predicted molar refractivity (Wildman–Crippen MR) is 42.0 cm³/mol. The van der Waals surface area contributed by atoms with Gasteiger partial charge in [0.25, 0.3) is 0 Å². The molecule has 1 atom stereocenters. The molecule has 1 heterocycles. The number of aromatic nitrogens is 1. The average molecular weight is 190 g/mol. The molecule has 2 nitrogen and oxygen atoms in total. The lowest BCUT2D eigenvalue weighted by molar-refractivity contribution is -0.149. The quantitative estimate of drug-likeness (QED) is 0.735. The Hall–Kier alpha value is -1.10. The summed E-state index contributed by atoms with van der Waals surface area (Å²) in [5.41, 5.74) is 5.56. The fraction of sp³-hybridized carbons (Fsp3) is 0.375. The van der Waals surface area contributed by atoms with Gasteiger partial charge in [-0.2, -0.15) is 13.2 Å². The van der Waals surface area contributed by atoms with Gasteiger partial charge in [-0.1, -0.05) is 0 Å². The van der Waals surface area contributed by atoms with E-state index >= 15 is 0 Å². The molecule has 0 saturated carbocycles. The second-order valence-corrected chi connectivity index (χ2v) is 2.75. The molecule has 2 N–H and O–H groups in total. The fourth-order valence-electron chi connectivity index (χ4n) is 0.950. The van der Waals surface area contributed by atoms with Crippen molar-refractivity contribution < 1.29 is 13.2 Å². The molecular formula is C8H9F3N2. The van der Waals surface area contributed by atoms with E-state index in [1.54, 1.807) is 6.92 Å². The van der Waals surface area contributed by atoms with Crippen LogP contribution in [0.1, 0.15) is 17.3 Å². The van der Waals surface area contributed by atoms with E-state index in [1.807, 2.05) is 0 Å². The van der Waals surface area contributed by atoms with Crippen molar-refractivity contribution in [1.29, 1.82) is 0 Å². The molecule has 0 aliphatic rings. The average Bonchev–Trinajstić information content (AvgIpc) is 2.01. The zero-order valence-electron chi connectivity index (χ0n) is 6.97. The molecule has 13 heavy (non-hydrogen) atoms. The Balaban J connectivity index is 2.96. The van der Waals surface area contributed by atoms with E-state index in [0.717, 1.165) is 0 Å². The summed E-state index contributed by atoms with van der Waals surface area (Å²) in [4.78, 5) is 3.78. The first-order valence-corrected chi connectivity index (χ1v) is 3.66. The summed E-state index contributed by atoms with van der Waals surface area (Å²) in [6.45, 7) is 1.62. The van der Waals surface area contributed by atoms with E-state index in [9.17, 15) is 13.2 Å². The Bertz CT molecular complexity index is 296. The Labute approximate surface area is 73.6 Å². The number of nitrogens with zero attached hydrogens (tertiary/aromatic N) is 1. The van der Waals surface area contributed by atoms with Crippen molar-refractivity contribution in [1.82, 2.24) is 4.98 Å². The maximum Gasteiger partial charge on any atom is 0.407 e. The van der Waals surface area contributed by atoms with E-state index in [2.05, 4.69) is 4.98 Å². The van der Waals surface area contributed by atoms with Crippen molar-refractivity contribution in [2.75, 3.05) is 0 Å².